The molecule has 2 amide bonds. The number of carbonyl (C=O) groups is 2. The van der Waals surface area contributed by atoms with E-state index in [9.17, 15) is 9.59 Å². The van der Waals surface area contributed by atoms with Gasteiger partial charge in [-0.25, -0.2) is 0 Å². The van der Waals surface area contributed by atoms with Gasteiger partial charge in [-0.05, 0) is 48.4 Å². The van der Waals surface area contributed by atoms with E-state index < -0.39 is 0 Å². The summed E-state index contributed by atoms with van der Waals surface area (Å²) < 4.78 is 5.49. The Balaban J connectivity index is 1.45. The van der Waals surface area contributed by atoms with Crippen molar-refractivity contribution in [3.63, 3.8) is 0 Å². The molecule has 6 nitrogen and oxygen atoms in total. The fourth-order valence-electron chi connectivity index (χ4n) is 4.50. The van der Waals surface area contributed by atoms with Crippen LogP contribution in [0.3, 0.4) is 0 Å². The van der Waals surface area contributed by atoms with Gasteiger partial charge in [-0.2, -0.15) is 0 Å². The molecule has 0 bridgehead atoms. The number of benzene rings is 2. The van der Waals surface area contributed by atoms with E-state index in [2.05, 4.69) is 31.2 Å². The minimum Gasteiger partial charge on any atom is -0.359 e. The number of hydrogen-bond donors (Lipinski definition) is 1. The number of rotatable bonds is 7. The summed E-state index contributed by atoms with van der Waals surface area (Å²) in [5.74, 6) is 0.202. The van der Waals surface area contributed by atoms with Crippen molar-refractivity contribution < 1.29 is 14.1 Å². The molecule has 4 rings (SSSR count). The van der Waals surface area contributed by atoms with Crippen molar-refractivity contribution in [1.82, 2.24) is 15.4 Å². The SMILES string of the molecule is Cc1ccc(CNC(=O)c2cc(CN(C(=O)c3ccc(C(C)(C)C)cc3)C3CCCC3)on2)cc1. The van der Waals surface area contributed by atoms with Crippen molar-refractivity contribution >= 4 is 11.8 Å². The lowest BCUT2D eigenvalue weighted by Gasteiger charge is -2.28. The maximum Gasteiger partial charge on any atom is 0.273 e. The Labute approximate surface area is 207 Å². The molecule has 0 spiro atoms. The molecule has 184 valence electrons. The van der Waals surface area contributed by atoms with Crippen molar-refractivity contribution in [3.8, 4) is 0 Å². The molecule has 0 radical (unpaired) electrons. The van der Waals surface area contributed by atoms with Crippen molar-refractivity contribution in [1.29, 1.82) is 0 Å². The van der Waals surface area contributed by atoms with E-state index in [4.69, 9.17) is 4.52 Å². The largest absolute Gasteiger partial charge is 0.359 e. The lowest BCUT2D eigenvalue weighted by molar-refractivity contribution is 0.0643. The second-order valence-corrected chi connectivity index (χ2v) is 10.5. The van der Waals surface area contributed by atoms with Crippen LogP contribution in [0.25, 0.3) is 0 Å². The van der Waals surface area contributed by atoms with Gasteiger partial charge in [-0.3, -0.25) is 9.59 Å². The lowest BCUT2D eigenvalue weighted by Crippen LogP contribution is -2.38. The Morgan fingerprint density at radius 2 is 1.69 bits per heavy atom. The summed E-state index contributed by atoms with van der Waals surface area (Å²) >= 11 is 0. The highest BCUT2D eigenvalue weighted by Gasteiger charge is 2.29. The molecule has 1 aliphatic carbocycles. The summed E-state index contributed by atoms with van der Waals surface area (Å²) in [5.41, 5.74) is 4.30. The molecule has 1 aromatic heterocycles. The smallest absolute Gasteiger partial charge is 0.273 e. The third-order valence-electron chi connectivity index (χ3n) is 6.72. The van der Waals surface area contributed by atoms with Crippen LogP contribution in [0.5, 0.6) is 0 Å². The Bertz CT molecular complexity index is 1150. The van der Waals surface area contributed by atoms with Crippen LogP contribution >= 0.6 is 0 Å². The van der Waals surface area contributed by atoms with Crippen LogP contribution in [-0.4, -0.2) is 27.9 Å². The minimum absolute atomic E-state index is 0.0147. The van der Waals surface area contributed by atoms with Gasteiger partial charge in [0.2, 0.25) is 0 Å². The van der Waals surface area contributed by atoms with Crippen LogP contribution in [0.4, 0.5) is 0 Å². The van der Waals surface area contributed by atoms with Gasteiger partial charge in [0.25, 0.3) is 11.8 Å². The van der Waals surface area contributed by atoms with Gasteiger partial charge in [0.05, 0.1) is 6.54 Å². The number of nitrogens with zero attached hydrogens (tertiary/aromatic N) is 2. The van der Waals surface area contributed by atoms with E-state index in [0.29, 0.717) is 24.4 Å². The first-order valence-corrected chi connectivity index (χ1v) is 12.4. The Hall–Kier alpha value is -3.41. The summed E-state index contributed by atoms with van der Waals surface area (Å²) in [5, 5.41) is 6.85. The zero-order valence-electron chi connectivity index (χ0n) is 21.1. The van der Waals surface area contributed by atoms with Gasteiger partial charge >= 0.3 is 0 Å². The second kappa shape index (κ2) is 10.5. The molecule has 2 aromatic carbocycles. The first-order valence-electron chi connectivity index (χ1n) is 12.4. The van der Waals surface area contributed by atoms with E-state index in [1.807, 2.05) is 60.4 Å². The van der Waals surface area contributed by atoms with Crippen LogP contribution < -0.4 is 5.32 Å². The molecule has 0 saturated heterocycles. The third kappa shape index (κ3) is 6.18. The molecule has 1 fully saturated rings. The standard InChI is InChI=1S/C29H35N3O3/c1-20-9-11-21(12-10-20)18-30-27(33)26-17-25(35-31-26)19-32(24-7-5-6-8-24)28(34)22-13-15-23(16-14-22)29(2,3)4/h9-17,24H,5-8,18-19H2,1-4H3,(H,30,33). The van der Waals surface area contributed by atoms with Crippen molar-refractivity contribution in [3.05, 3.63) is 88.3 Å². The van der Waals surface area contributed by atoms with Crippen molar-refractivity contribution in [2.45, 2.75) is 77.9 Å². The lowest BCUT2D eigenvalue weighted by atomic mass is 9.86. The van der Waals surface area contributed by atoms with Crippen LogP contribution in [0.15, 0.2) is 59.1 Å². The summed E-state index contributed by atoms with van der Waals surface area (Å²) in [6.45, 7) is 9.22. The normalized spacial score (nSPS) is 14.2. The van der Waals surface area contributed by atoms with Crippen LogP contribution in [-0.2, 0) is 18.5 Å². The highest BCUT2D eigenvalue weighted by molar-refractivity contribution is 5.94. The summed E-state index contributed by atoms with van der Waals surface area (Å²) in [7, 11) is 0. The first kappa shape index (κ1) is 24.7. The molecule has 35 heavy (non-hydrogen) atoms. The maximum absolute atomic E-state index is 13.5. The summed E-state index contributed by atoms with van der Waals surface area (Å²) in [4.78, 5) is 28.0. The molecular formula is C29H35N3O3. The summed E-state index contributed by atoms with van der Waals surface area (Å²) in [6, 6.07) is 17.7. The number of carbonyl (C=O) groups excluding carboxylic acids is 2. The van der Waals surface area contributed by atoms with Gasteiger partial charge in [-0.15, -0.1) is 0 Å². The molecule has 6 heteroatoms. The molecule has 1 N–H and O–H groups in total. The maximum atomic E-state index is 13.5. The van der Waals surface area contributed by atoms with E-state index in [1.54, 1.807) is 6.07 Å². The molecular weight excluding hydrogens is 438 g/mol. The van der Waals surface area contributed by atoms with E-state index in [1.165, 1.54) is 11.1 Å². The first-order chi connectivity index (χ1) is 16.7. The van der Waals surface area contributed by atoms with E-state index in [-0.39, 0.29) is 29.0 Å². The molecule has 1 aliphatic rings. The second-order valence-electron chi connectivity index (χ2n) is 10.5. The quantitative estimate of drug-likeness (QED) is 0.471. The Morgan fingerprint density at radius 3 is 2.31 bits per heavy atom. The number of aromatic nitrogens is 1. The van der Waals surface area contributed by atoms with E-state index in [0.717, 1.165) is 31.2 Å². The average molecular weight is 474 g/mol. The van der Waals surface area contributed by atoms with E-state index >= 15 is 0 Å². The molecule has 0 atom stereocenters. The van der Waals surface area contributed by atoms with Crippen LogP contribution in [0, 0.1) is 6.92 Å². The average Bonchev–Trinajstić information content (AvgIpc) is 3.54. The number of amides is 2. The minimum atomic E-state index is -0.294. The van der Waals surface area contributed by atoms with Gasteiger partial charge in [0, 0.05) is 24.2 Å². The number of aryl methyl sites for hydroxylation is 1. The number of nitrogens with one attached hydrogen (secondary N) is 1. The number of hydrogen-bond acceptors (Lipinski definition) is 4. The van der Waals surface area contributed by atoms with Crippen molar-refractivity contribution in [2.24, 2.45) is 0 Å². The van der Waals surface area contributed by atoms with Gasteiger partial charge < -0.3 is 14.7 Å². The topological polar surface area (TPSA) is 75.4 Å². The summed E-state index contributed by atoms with van der Waals surface area (Å²) in [6.07, 6.45) is 4.18. The molecule has 3 aromatic rings. The molecule has 1 saturated carbocycles. The monoisotopic (exact) mass is 473 g/mol. The zero-order valence-corrected chi connectivity index (χ0v) is 21.1. The van der Waals surface area contributed by atoms with Gasteiger partial charge in [0.15, 0.2) is 11.5 Å². The Kier molecular flexibility index (Phi) is 7.39. The molecule has 1 heterocycles. The van der Waals surface area contributed by atoms with Gasteiger partial charge in [0.1, 0.15) is 0 Å². The van der Waals surface area contributed by atoms with Crippen LogP contribution in [0.2, 0.25) is 0 Å². The highest BCUT2D eigenvalue weighted by atomic mass is 16.5. The highest BCUT2D eigenvalue weighted by Crippen LogP contribution is 2.28. The zero-order chi connectivity index (χ0) is 25.0. The fraction of sp³-hybridized carbons (Fsp3) is 0.414. The fourth-order valence-corrected chi connectivity index (χ4v) is 4.50. The predicted molar refractivity (Wildman–Crippen MR) is 136 cm³/mol. The van der Waals surface area contributed by atoms with Gasteiger partial charge in [-0.1, -0.05) is 80.7 Å². The van der Waals surface area contributed by atoms with Crippen molar-refractivity contribution in [2.75, 3.05) is 0 Å². The molecule has 0 unspecified atom stereocenters. The van der Waals surface area contributed by atoms with Crippen LogP contribution in [0.1, 0.15) is 89.8 Å². The predicted octanol–water partition coefficient (Wildman–Crippen LogP) is 5.80. The molecule has 0 aliphatic heterocycles. The third-order valence-corrected chi connectivity index (χ3v) is 6.72. The Morgan fingerprint density at radius 1 is 1.03 bits per heavy atom.